The Bertz CT molecular complexity index is 467. The topological polar surface area (TPSA) is 29.1 Å². The van der Waals surface area contributed by atoms with Crippen LogP contribution in [0.1, 0.15) is 32.3 Å². The highest BCUT2D eigenvalue weighted by atomic mass is 35.5. The molecule has 0 saturated heterocycles. The second-order valence-corrected chi connectivity index (χ2v) is 6.18. The molecule has 0 aromatic heterocycles. The fraction of sp³-hybridized carbons (Fsp3) is 0.500. The van der Waals surface area contributed by atoms with Gasteiger partial charge in [0.15, 0.2) is 0 Å². The lowest BCUT2D eigenvalue weighted by atomic mass is 9.86. The third kappa shape index (κ3) is 2.81. The van der Waals surface area contributed by atoms with Crippen molar-refractivity contribution in [3.63, 3.8) is 0 Å². The number of hydrogen-bond donors (Lipinski definition) is 1. The molecule has 1 saturated carbocycles. The molecule has 98 valence electrons. The van der Waals surface area contributed by atoms with E-state index >= 15 is 0 Å². The van der Waals surface area contributed by atoms with Gasteiger partial charge in [0, 0.05) is 12.0 Å². The van der Waals surface area contributed by atoms with Crippen LogP contribution in [0, 0.1) is 11.3 Å². The molecule has 0 heterocycles. The number of rotatable bonds is 4. The standard InChI is InChI=1S/C14H17Cl2NO/c1-14(2,10-6-7-10)13(18)17-8-9-4-3-5-11(15)12(9)16/h3-5,10H,6-8H2,1-2H3,(H,17,18). The second kappa shape index (κ2) is 5.10. The van der Waals surface area contributed by atoms with Crippen LogP contribution in [0.25, 0.3) is 0 Å². The Morgan fingerprint density at radius 2 is 2.06 bits per heavy atom. The number of halogens is 2. The minimum Gasteiger partial charge on any atom is -0.351 e. The molecule has 2 nitrogen and oxygen atoms in total. The molecule has 1 aliphatic rings. The van der Waals surface area contributed by atoms with Crippen molar-refractivity contribution in [2.75, 3.05) is 0 Å². The lowest BCUT2D eigenvalue weighted by Gasteiger charge is -2.23. The molecule has 1 fully saturated rings. The van der Waals surface area contributed by atoms with E-state index in [1.807, 2.05) is 26.0 Å². The fourth-order valence-corrected chi connectivity index (χ4v) is 2.47. The summed E-state index contributed by atoms with van der Waals surface area (Å²) in [4.78, 5) is 12.1. The summed E-state index contributed by atoms with van der Waals surface area (Å²) in [7, 11) is 0. The van der Waals surface area contributed by atoms with Gasteiger partial charge in [-0.05, 0) is 30.4 Å². The molecule has 1 N–H and O–H groups in total. The summed E-state index contributed by atoms with van der Waals surface area (Å²) in [5.74, 6) is 0.605. The first kappa shape index (κ1) is 13.7. The van der Waals surface area contributed by atoms with E-state index in [-0.39, 0.29) is 11.3 Å². The molecule has 1 amide bonds. The largest absolute Gasteiger partial charge is 0.351 e. The van der Waals surface area contributed by atoms with Gasteiger partial charge in [-0.15, -0.1) is 0 Å². The van der Waals surface area contributed by atoms with E-state index in [0.29, 0.717) is 22.5 Å². The Hall–Kier alpha value is -0.730. The molecule has 2 rings (SSSR count). The maximum absolute atomic E-state index is 12.1. The van der Waals surface area contributed by atoms with Crippen LogP contribution in [0.2, 0.25) is 10.0 Å². The zero-order chi connectivity index (χ0) is 13.3. The number of carbonyl (C=O) groups is 1. The quantitative estimate of drug-likeness (QED) is 0.889. The third-order valence-electron chi connectivity index (χ3n) is 3.65. The van der Waals surface area contributed by atoms with Gasteiger partial charge in [-0.3, -0.25) is 4.79 Å². The average molecular weight is 286 g/mol. The minimum atomic E-state index is -0.287. The summed E-state index contributed by atoms with van der Waals surface area (Å²) >= 11 is 12.0. The molecule has 1 aliphatic carbocycles. The number of benzene rings is 1. The van der Waals surface area contributed by atoms with Crippen LogP contribution in [-0.2, 0) is 11.3 Å². The summed E-state index contributed by atoms with van der Waals surface area (Å²) in [6.45, 7) is 4.42. The van der Waals surface area contributed by atoms with Crippen LogP contribution in [-0.4, -0.2) is 5.91 Å². The molecule has 0 atom stereocenters. The van der Waals surface area contributed by atoms with Gasteiger partial charge in [-0.2, -0.15) is 0 Å². The molecular weight excluding hydrogens is 269 g/mol. The van der Waals surface area contributed by atoms with Gasteiger partial charge in [0.05, 0.1) is 10.0 Å². The highest BCUT2D eigenvalue weighted by molar-refractivity contribution is 6.42. The molecule has 0 bridgehead atoms. The lowest BCUT2D eigenvalue weighted by molar-refractivity contribution is -0.130. The van der Waals surface area contributed by atoms with E-state index in [4.69, 9.17) is 23.2 Å². The highest BCUT2D eigenvalue weighted by Crippen LogP contribution is 2.45. The van der Waals surface area contributed by atoms with Crippen molar-refractivity contribution in [3.05, 3.63) is 33.8 Å². The summed E-state index contributed by atoms with van der Waals surface area (Å²) in [5.41, 5.74) is 0.564. The first-order chi connectivity index (χ1) is 8.43. The summed E-state index contributed by atoms with van der Waals surface area (Å²) < 4.78 is 0. The monoisotopic (exact) mass is 285 g/mol. The zero-order valence-corrected chi connectivity index (χ0v) is 12.1. The van der Waals surface area contributed by atoms with Gasteiger partial charge < -0.3 is 5.32 Å². The molecule has 4 heteroatoms. The molecule has 18 heavy (non-hydrogen) atoms. The van der Waals surface area contributed by atoms with Crippen molar-refractivity contribution in [2.45, 2.75) is 33.2 Å². The van der Waals surface area contributed by atoms with Gasteiger partial charge in [0.1, 0.15) is 0 Å². The summed E-state index contributed by atoms with van der Waals surface area (Å²) in [6, 6.07) is 5.45. The molecule has 0 spiro atoms. The van der Waals surface area contributed by atoms with Gasteiger partial charge in [-0.25, -0.2) is 0 Å². The van der Waals surface area contributed by atoms with E-state index in [1.165, 1.54) is 0 Å². The van der Waals surface area contributed by atoms with Crippen molar-refractivity contribution >= 4 is 29.1 Å². The van der Waals surface area contributed by atoms with E-state index in [1.54, 1.807) is 6.07 Å². The summed E-state index contributed by atoms with van der Waals surface area (Å²) in [6.07, 6.45) is 2.30. The molecular formula is C14H17Cl2NO. The minimum absolute atomic E-state index is 0.0843. The van der Waals surface area contributed by atoms with Crippen molar-refractivity contribution in [1.82, 2.24) is 5.32 Å². The van der Waals surface area contributed by atoms with E-state index in [2.05, 4.69) is 5.32 Å². The predicted molar refractivity (Wildman–Crippen MR) is 74.8 cm³/mol. The predicted octanol–water partition coefficient (Wildman–Crippen LogP) is 4.05. The summed E-state index contributed by atoms with van der Waals surface area (Å²) in [5, 5.41) is 3.98. The van der Waals surface area contributed by atoms with Crippen LogP contribution in [0.5, 0.6) is 0 Å². The fourth-order valence-electron chi connectivity index (χ4n) is 2.08. The van der Waals surface area contributed by atoms with Crippen LogP contribution in [0.15, 0.2) is 18.2 Å². The smallest absolute Gasteiger partial charge is 0.226 e. The van der Waals surface area contributed by atoms with Crippen molar-refractivity contribution in [3.8, 4) is 0 Å². The SMILES string of the molecule is CC(C)(C(=O)NCc1cccc(Cl)c1Cl)C1CC1. The van der Waals surface area contributed by atoms with Crippen molar-refractivity contribution in [1.29, 1.82) is 0 Å². The van der Waals surface area contributed by atoms with Gasteiger partial charge in [0.2, 0.25) is 5.91 Å². The van der Waals surface area contributed by atoms with Gasteiger partial charge >= 0.3 is 0 Å². The van der Waals surface area contributed by atoms with Crippen molar-refractivity contribution < 1.29 is 4.79 Å². The Morgan fingerprint density at radius 3 is 2.67 bits per heavy atom. The third-order valence-corrected chi connectivity index (χ3v) is 4.51. The normalized spacial score (nSPS) is 15.6. The van der Waals surface area contributed by atoms with Gasteiger partial charge in [0.25, 0.3) is 0 Å². The Labute approximate surface area is 118 Å². The highest BCUT2D eigenvalue weighted by Gasteiger charge is 2.43. The molecule has 1 aromatic rings. The van der Waals surface area contributed by atoms with Crippen molar-refractivity contribution in [2.24, 2.45) is 11.3 Å². The zero-order valence-electron chi connectivity index (χ0n) is 10.6. The maximum Gasteiger partial charge on any atom is 0.226 e. The first-order valence-corrected chi connectivity index (χ1v) is 6.89. The van der Waals surface area contributed by atoms with Crippen LogP contribution in [0.4, 0.5) is 0 Å². The number of amides is 1. The first-order valence-electron chi connectivity index (χ1n) is 6.14. The van der Waals surface area contributed by atoms with E-state index < -0.39 is 0 Å². The van der Waals surface area contributed by atoms with E-state index in [9.17, 15) is 4.79 Å². The average Bonchev–Trinajstić information content (AvgIpc) is 3.14. The number of nitrogens with one attached hydrogen (secondary N) is 1. The molecule has 0 aliphatic heterocycles. The Kier molecular flexibility index (Phi) is 3.88. The van der Waals surface area contributed by atoms with Crippen LogP contribution < -0.4 is 5.32 Å². The molecule has 1 aromatic carbocycles. The molecule has 0 unspecified atom stereocenters. The number of carbonyl (C=O) groups excluding carboxylic acids is 1. The van der Waals surface area contributed by atoms with Crippen LogP contribution in [0.3, 0.4) is 0 Å². The lowest BCUT2D eigenvalue weighted by Crippen LogP contribution is -2.38. The number of hydrogen-bond acceptors (Lipinski definition) is 1. The Morgan fingerprint density at radius 1 is 1.39 bits per heavy atom. The second-order valence-electron chi connectivity index (χ2n) is 5.39. The molecule has 0 radical (unpaired) electrons. The Balaban J connectivity index is 1.99. The van der Waals surface area contributed by atoms with E-state index in [0.717, 1.165) is 18.4 Å². The van der Waals surface area contributed by atoms with Gasteiger partial charge in [-0.1, -0.05) is 49.2 Å². The van der Waals surface area contributed by atoms with Crippen LogP contribution >= 0.6 is 23.2 Å². The maximum atomic E-state index is 12.1.